The van der Waals surface area contributed by atoms with E-state index in [1.165, 1.54) is 0 Å². The molecule has 0 amide bonds. The van der Waals surface area contributed by atoms with Crippen LogP contribution in [0.1, 0.15) is 26.7 Å². The third-order valence-corrected chi connectivity index (χ3v) is 5.55. The maximum atomic E-state index is 12.1. The van der Waals surface area contributed by atoms with Gasteiger partial charge < -0.3 is 20.1 Å². The zero-order chi connectivity index (χ0) is 15.6. The summed E-state index contributed by atoms with van der Waals surface area (Å²) in [6.45, 7) is 3.26. The zero-order valence-corrected chi connectivity index (χ0v) is 12.1. The Morgan fingerprint density at radius 2 is 2.14 bits per heavy atom. The van der Waals surface area contributed by atoms with E-state index in [1.54, 1.807) is 6.08 Å². The lowest BCUT2D eigenvalue weighted by Crippen LogP contribution is -2.65. The minimum atomic E-state index is -2.04. The number of carbonyl (C=O) groups excluding carboxylic acids is 1. The number of hydrogen-bond acceptors (Lipinski definition) is 5. The van der Waals surface area contributed by atoms with Crippen molar-refractivity contribution in [2.24, 2.45) is 22.7 Å². The number of carbonyl (C=O) groups is 2. The smallest absolute Gasteiger partial charge is 0.341 e. The number of esters is 1. The quantitative estimate of drug-likeness (QED) is 0.634. The molecule has 21 heavy (non-hydrogen) atoms. The summed E-state index contributed by atoms with van der Waals surface area (Å²) in [5, 5.41) is 29.9. The fraction of sp³-hybridized carbons (Fsp3) is 0.733. The van der Waals surface area contributed by atoms with Gasteiger partial charge in [0.25, 0.3) is 0 Å². The van der Waals surface area contributed by atoms with Crippen LogP contribution >= 0.6 is 0 Å². The van der Waals surface area contributed by atoms with E-state index in [1.807, 2.05) is 13.8 Å². The lowest BCUT2D eigenvalue weighted by atomic mass is 9.58. The topological polar surface area (TPSA) is 104 Å². The van der Waals surface area contributed by atoms with Crippen LogP contribution in [0.3, 0.4) is 0 Å². The van der Waals surface area contributed by atoms with Gasteiger partial charge in [-0.15, -0.1) is 0 Å². The summed E-state index contributed by atoms with van der Waals surface area (Å²) in [4.78, 5) is 23.6. The molecule has 0 bridgehead atoms. The Morgan fingerprint density at radius 3 is 2.71 bits per heavy atom. The minimum Gasteiger partial charge on any atom is -0.478 e. The second kappa shape index (κ2) is 4.08. The number of carboxylic acids is 1. The summed E-state index contributed by atoms with van der Waals surface area (Å²) in [6.07, 6.45) is 2.81. The fourth-order valence-electron chi connectivity index (χ4n) is 4.85. The van der Waals surface area contributed by atoms with Gasteiger partial charge in [-0.25, -0.2) is 9.59 Å². The van der Waals surface area contributed by atoms with Gasteiger partial charge in [0.15, 0.2) is 5.60 Å². The Labute approximate surface area is 122 Å². The molecule has 0 unspecified atom stereocenters. The Bertz CT molecular complexity index is 550. The van der Waals surface area contributed by atoms with Crippen LogP contribution in [0.4, 0.5) is 0 Å². The average molecular weight is 296 g/mol. The molecule has 0 radical (unpaired) electrons. The molecule has 1 saturated heterocycles. The maximum Gasteiger partial charge on any atom is 0.341 e. The molecule has 0 aromatic carbocycles. The van der Waals surface area contributed by atoms with Crippen molar-refractivity contribution in [3.63, 3.8) is 0 Å². The Morgan fingerprint density at radius 1 is 1.48 bits per heavy atom. The minimum absolute atomic E-state index is 0.0497. The number of carboxylic acid groups (broad SMARTS) is 1. The number of ether oxygens (including phenoxy) is 1. The van der Waals surface area contributed by atoms with Gasteiger partial charge >= 0.3 is 11.9 Å². The number of rotatable bonds is 2. The van der Waals surface area contributed by atoms with E-state index in [-0.39, 0.29) is 23.5 Å². The second-order valence-electron chi connectivity index (χ2n) is 7.29. The van der Waals surface area contributed by atoms with Crippen molar-refractivity contribution >= 4 is 11.9 Å². The molecule has 116 valence electrons. The van der Waals surface area contributed by atoms with Crippen LogP contribution in [0.15, 0.2) is 11.6 Å². The maximum absolute atomic E-state index is 12.1. The second-order valence-corrected chi connectivity index (χ2v) is 7.29. The van der Waals surface area contributed by atoms with Crippen LogP contribution in [0, 0.1) is 22.7 Å². The van der Waals surface area contributed by atoms with Gasteiger partial charge in [0.05, 0.1) is 13.2 Å². The summed E-state index contributed by atoms with van der Waals surface area (Å²) in [5.74, 6) is -2.71. The molecule has 1 heterocycles. The van der Waals surface area contributed by atoms with Crippen molar-refractivity contribution in [2.75, 3.05) is 13.2 Å². The Hall–Kier alpha value is -1.40. The lowest BCUT2D eigenvalue weighted by molar-refractivity contribution is -0.221. The average Bonchev–Trinajstić information content (AvgIpc) is 2.82. The number of aliphatic hydroxyl groups is 2. The highest BCUT2D eigenvalue weighted by atomic mass is 16.6. The number of hydrogen-bond donors (Lipinski definition) is 3. The molecule has 2 fully saturated rings. The highest BCUT2D eigenvalue weighted by Crippen LogP contribution is 2.68. The van der Waals surface area contributed by atoms with Crippen LogP contribution in [0.25, 0.3) is 0 Å². The SMILES string of the molecule is CC1(C)C[C@H]2C=C(C(=O)O)[C@@H]3COC(=O)[C@@](O)(CO)[C@@]23C1. The van der Waals surface area contributed by atoms with Crippen LogP contribution in [-0.2, 0) is 14.3 Å². The lowest BCUT2D eigenvalue weighted by Gasteiger charge is -2.50. The largest absolute Gasteiger partial charge is 0.478 e. The third kappa shape index (κ3) is 1.60. The number of allylic oxidation sites excluding steroid dienone is 1. The van der Waals surface area contributed by atoms with E-state index >= 15 is 0 Å². The monoisotopic (exact) mass is 296 g/mol. The van der Waals surface area contributed by atoms with E-state index in [2.05, 4.69) is 0 Å². The van der Waals surface area contributed by atoms with E-state index < -0.39 is 35.5 Å². The van der Waals surface area contributed by atoms with Crippen LogP contribution in [0.2, 0.25) is 0 Å². The third-order valence-electron chi connectivity index (χ3n) is 5.55. The molecule has 1 aliphatic heterocycles. The summed E-state index contributed by atoms with van der Waals surface area (Å²) in [7, 11) is 0. The normalized spacial score (nSPS) is 43.8. The number of aliphatic carboxylic acids is 1. The first kappa shape index (κ1) is 14.5. The molecule has 1 saturated carbocycles. The highest BCUT2D eigenvalue weighted by Gasteiger charge is 2.73. The first-order valence-corrected chi connectivity index (χ1v) is 7.13. The van der Waals surface area contributed by atoms with Gasteiger partial charge in [-0.3, -0.25) is 0 Å². The van der Waals surface area contributed by atoms with Crippen molar-refractivity contribution in [2.45, 2.75) is 32.3 Å². The van der Waals surface area contributed by atoms with Gasteiger partial charge in [-0.1, -0.05) is 19.9 Å². The van der Waals surface area contributed by atoms with E-state index in [0.717, 1.165) is 0 Å². The van der Waals surface area contributed by atoms with Gasteiger partial charge in [0.2, 0.25) is 0 Å². The predicted molar refractivity (Wildman–Crippen MR) is 71.1 cm³/mol. The van der Waals surface area contributed by atoms with Crippen molar-refractivity contribution in [1.29, 1.82) is 0 Å². The van der Waals surface area contributed by atoms with Crippen molar-refractivity contribution in [3.8, 4) is 0 Å². The molecule has 6 heteroatoms. The molecule has 4 atom stereocenters. The standard InChI is InChI=1S/C15H20O6/c1-13(2)4-8-3-9(11(17)18)10-5-21-12(19)15(20,7-16)14(8,10)6-13/h3,8,10,16,20H,4-7H2,1-2H3,(H,17,18)/t8-,10+,14+,15+/m1/s1. The Balaban J connectivity index is 2.18. The molecular weight excluding hydrogens is 276 g/mol. The summed E-state index contributed by atoms with van der Waals surface area (Å²) in [5.41, 5.74) is -2.96. The van der Waals surface area contributed by atoms with E-state index in [4.69, 9.17) is 4.74 Å². The summed E-state index contributed by atoms with van der Waals surface area (Å²) in [6, 6.07) is 0. The number of cyclic esters (lactones) is 1. The van der Waals surface area contributed by atoms with Crippen LogP contribution < -0.4 is 0 Å². The first-order valence-electron chi connectivity index (χ1n) is 7.13. The zero-order valence-electron chi connectivity index (χ0n) is 12.1. The fourth-order valence-corrected chi connectivity index (χ4v) is 4.85. The molecule has 3 N–H and O–H groups in total. The molecule has 2 aliphatic carbocycles. The first-order chi connectivity index (χ1) is 9.68. The molecule has 1 spiro atoms. The van der Waals surface area contributed by atoms with Gasteiger partial charge in [-0.2, -0.15) is 0 Å². The van der Waals surface area contributed by atoms with Crippen molar-refractivity contribution in [1.82, 2.24) is 0 Å². The molecule has 0 aromatic heterocycles. The van der Waals surface area contributed by atoms with Crippen molar-refractivity contribution in [3.05, 3.63) is 11.6 Å². The Kier molecular flexibility index (Phi) is 2.82. The van der Waals surface area contributed by atoms with Gasteiger partial charge in [-0.05, 0) is 24.2 Å². The van der Waals surface area contributed by atoms with E-state index in [0.29, 0.717) is 12.8 Å². The van der Waals surface area contributed by atoms with E-state index in [9.17, 15) is 24.9 Å². The van der Waals surface area contributed by atoms with Gasteiger partial charge in [0.1, 0.15) is 0 Å². The molecule has 3 rings (SSSR count). The number of aliphatic hydroxyl groups excluding tert-OH is 1. The van der Waals surface area contributed by atoms with Crippen LogP contribution in [0.5, 0.6) is 0 Å². The van der Waals surface area contributed by atoms with Crippen LogP contribution in [-0.4, -0.2) is 46.1 Å². The summed E-state index contributed by atoms with van der Waals surface area (Å²) >= 11 is 0. The van der Waals surface area contributed by atoms with Crippen molar-refractivity contribution < 1.29 is 29.6 Å². The molecular formula is C15H20O6. The van der Waals surface area contributed by atoms with Gasteiger partial charge in [0, 0.05) is 16.9 Å². The highest BCUT2D eigenvalue weighted by molar-refractivity contribution is 5.91. The molecule has 6 nitrogen and oxygen atoms in total. The predicted octanol–water partition coefficient (Wildman–Crippen LogP) is 0.330. The molecule has 3 aliphatic rings. The molecule has 0 aromatic rings. The summed E-state index contributed by atoms with van der Waals surface area (Å²) < 4.78 is 5.00.